The average molecular weight is 290 g/mol. The van der Waals surface area contributed by atoms with Gasteiger partial charge in [-0.05, 0) is 55.7 Å². The summed E-state index contributed by atoms with van der Waals surface area (Å²) >= 11 is 6.08. The number of hydrogen-bond donors (Lipinski definition) is 1. The van der Waals surface area contributed by atoms with E-state index in [2.05, 4.69) is 18.3 Å². The normalized spacial score (nSPS) is 10.3. The number of rotatable bonds is 6. The van der Waals surface area contributed by atoms with E-state index in [4.69, 9.17) is 16.3 Å². The van der Waals surface area contributed by atoms with Crippen LogP contribution >= 0.6 is 11.6 Å². The van der Waals surface area contributed by atoms with Crippen LogP contribution in [0.1, 0.15) is 17.5 Å². The van der Waals surface area contributed by atoms with E-state index in [1.807, 2.05) is 43.3 Å². The van der Waals surface area contributed by atoms with Crippen molar-refractivity contribution in [1.82, 2.24) is 0 Å². The van der Waals surface area contributed by atoms with Gasteiger partial charge < -0.3 is 10.1 Å². The van der Waals surface area contributed by atoms with E-state index in [0.717, 1.165) is 35.0 Å². The Bertz CT molecular complexity index is 569. The second-order valence-electron chi connectivity index (χ2n) is 4.91. The van der Waals surface area contributed by atoms with Gasteiger partial charge in [0.05, 0.1) is 6.61 Å². The second-order valence-corrected chi connectivity index (χ2v) is 5.32. The standard InChI is InChI=1S/C17H20ClNO/c1-13-5-3-6-16(11-13)20-10-4-9-19-15-8-7-14(2)17(18)12-15/h3,5-8,11-12,19H,4,9-10H2,1-2H3. The lowest BCUT2D eigenvalue weighted by molar-refractivity contribution is 0.315. The third-order valence-corrected chi connectivity index (χ3v) is 3.49. The SMILES string of the molecule is Cc1cccc(OCCCNc2ccc(C)c(Cl)c2)c1. The first kappa shape index (κ1) is 14.7. The van der Waals surface area contributed by atoms with Crippen LogP contribution < -0.4 is 10.1 Å². The molecule has 0 amide bonds. The minimum Gasteiger partial charge on any atom is -0.494 e. The van der Waals surface area contributed by atoms with Crippen molar-refractivity contribution in [3.63, 3.8) is 0 Å². The molecule has 0 radical (unpaired) electrons. The maximum Gasteiger partial charge on any atom is 0.119 e. The Morgan fingerprint density at radius 3 is 2.70 bits per heavy atom. The highest BCUT2D eigenvalue weighted by Gasteiger charge is 1.98. The van der Waals surface area contributed by atoms with Gasteiger partial charge in [-0.15, -0.1) is 0 Å². The molecule has 0 fully saturated rings. The Labute approximate surface area is 125 Å². The van der Waals surface area contributed by atoms with Crippen molar-refractivity contribution < 1.29 is 4.74 Å². The smallest absolute Gasteiger partial charge is 0.119 e. The van der Waals surface area contributed by atoms with Crippen molar-refractivity contribution in [3.8, 4) is 5.75 Å². The highest BCUT2D eigenvalue weighted by molar-refractivity contribution is 6.31. The van der Waals surface area contributed by atoms with E-state index in [9.17, 15) is 0 Å². The first-order valence-electron chi connectivity index (χ1n) is 6.84. The maximum absolute atomic E-state index is 6.08. The van der Waals surface area contributed by atoms with E-state index in [-0.39, 0.29) is 0 Å². The number of nitrogens with one attached hydrogen (secondary N) is 1. The van der Waals surface area contributed by atoms with Gasteiger partial charge in [0.2, 0.25) is 0 Å². The summed E-state index contributed by atoms with van der Waals surface area (Å²) in [7, 11) is 0. The summed E-state index contributed by atoms with van der Waals surface area (Å²) in [5, 5.41) is 4.14. The van der Waals surface area contributed by atoms with Crippen LogP contribution in [0.15, 0.2) is 42.5 Å². The van der Waals surface area contributed by atoms with E-state index in [1.165, 1.54) is 5.56 Å². The van der Waals surface area contributed by atoms with E-state index in [0.29, 0.717) is 6.61 Å². The Morgan fingerprint density at radius 2 is 1.95 bits per heavy atom. The lowest BCUT2D eigenvalue weighted by Gasteiger charge is -2.09. The molecule has 2 aromatic carbocycles. The van der Waals surface area contributed by atoms with Gasteiger partial charge in [0.1, 0.15) is 5.75 Å². The Balaban J connectivity index is 1.70. The molecule has 0 spiro atoms. The van der Waals surface area contributed by atoms with Crippen molar-refractivity contribution in [2.24, 2.45) is 0 Å². The molecule has 0 aliphatic carbocycles. The number of hydrogen-bond acceptors (Lipinski definition) is 2. The zero-order chi connectivity index (χ0) is 14.4. The van der Waals surface area contributed by atoms with E-state index in [1.54, 1.807) is 0 Å². The fraction of sp³-hybridized carbons (Fsp3) is 0.294. The van der Waals surface area contributed by atoms with Crippen LogP contribution in [0.2, 0.25) is 5.02 Å². The van der Waals surface area contributed by atoms with Crippen LogP contribution in [0.3, 0.4) is 0 Å². The van der Waals surface area contributed by atoms with Gasteiger partial charge in [-0.3, -0.25) is 0 Å². The van der Waals surface area contributed by atoms with Gasteiger partial charge in [0.15, 0.2) is 0 Å². The van der Waals surface area contributed by atoms with Gasteiger partial charge in [-0.25, -0.2) is 0 Å². The summed E-state index contributed by atoms with van der Waals surface area (Å²) in [5.41, 5.74) is 3.37. The molecule has 0 heterocycles. The molecule has 0 atom stereocenters. The summed E-state index contributed by atoms with van der Waals surface area (Å²) in [5.74, 6) is 0.934. The molecular formula is C17H20ClNO. The molecule has 1 N–H and O–H groups in total. The third-order valence-electron chi connectivity index (χ3n) is 3.08. The van der Waals surface area contributed by atoms with Crippen LogP contribution in [0.25, 0.3) is 0 Å². The van der Waals surface area contributed by atoms with Crippen LogP contribution in [-0.2, 0) is 0 Å². The fourth-order valence-corrected chi connectivity index (χ4v) is 2.08. The Kier molecular flexibility index (Phi) is 5.31. The molecule has 0 aliphatic rings. The van der Waals surface area contributed by atoms with Crippen molar-refractivity contribution in [2.75, 3.05) is 18.5 Å². The first-order chi connectivity index (χ1) is 9.65. The van der Waals surface area contributed by atoms with Crippen LogP contribution in [-0.4, -0.2) is 13.2 Å². The van der Waals surface area contributed by atoms with Crippen molar-refractivity contribution >= 4 is 17.3 Å². The number of aryl methyl sites for hydroxylation is 2. The Hall–Kier alpha value is -1.67. The topological polar surface area (TPSA) is 21.3 Å². The van der Waals surface area contributed by atoms with E-state index >= 15 is 0 Å². The van der Waals surface area contributed by atoms with Gasteiger partial charge in [0.25, 0.3) is 0 Å². The molecule has 2 nitrogen and oxygen atoms in total. The number of halogens is 1. The summed E-state index contributed by atoms with van der Waals surface area (Å²) in [6.45, 7) is 5.64. The maximum atomic E-state index is 6.08. The molecule has 20 heavy (non-hydrogen) atoms. The zero-order valence-electron chi connectivity index (χ0n) is 11.9. The second kappa shape index (κ2) is 7.20. The van der Waals surface area contributed by atoms with Crippen molar-refractivity contribution in [2.45, 2.75) is 20.3 Å². The van der Waals surface area contributed by atoms with Gasteiger partial charge in [0, 0.05) is 17.3 Å². The zero-order valence-corrected chi connectivity index (χ0v) is 12.7. The summed E-state index contributed by atoms with van der Waals surface area (Å²) in [4.78, 5) is 0. The van der Waals surface area contributed by atoms with Gasteiger partial charge >= 0.3 is 0 Å². The molecule has 2 rings (SSSR count). The highest BCUT2D eigenvalue weighted by Crippen LogP contribution is 2.19. The highest BCUT2D eigenvalue weighted by atomic mass is 35.5. The monoisotopic (exact) mass is 289 g/mol. The number of anilines is 1. The van der Waals surface area contributed by atoms with E-state index < -0.39 is 0 Å². The van der Waals surface area contributed by atoms with Crippen LogP contribution in [0.5, 0.6) is 5.75 Å². The fourth-order valence-electron chi connectivity index (χ4n) is 1.90. The van der Waals surface area contributed by atoms with Crippen LogP contribution in [0, 0.1) is 13.8 Å². The summed E-state index contributed by atoms with van der Waals surface area (Å²) < 4.78 is 5.70. The quantitative estimate of drug-likeness (QED) is 0.769. The summed E-state index contributed by atoms with van der Waals surface area (Å²) in [6, 6.07) is 14.1. The van der Waals surface area contributed by atoms with Gasteiger partial charge in [-0.2, -0.15) is 0 Å². The largest absolute Gasteiger partial charge is 0.494 e. The molecule has 0 saturated carbocycles. The predicted octanol–water partition coefficient (Wildman–Crippen LogP) is 4.84. The molecule has 106 valence electrons. The summed E-state index contributed by atoms with van der Waals surface area (Å²) in [6.07, 6.45) is 0.944. The molecule has 3 heteroatoms. The molecule has 0 aromatic heterocycles. The van der Waals surface area contributed by atoms with Crippen molar-refractivity contribution in [1.29, 1.82) is 0 Å². The molecule has 0 aliphatic heterocycles. The first-order valence-corrected chi connectivity index (χ1v) is 7.22. The average Bonchev–Trinajstić information content (AvgIpc) is 2.42. The third kappa shape index (κ3) is 4.46. The number of benzene rings is 2. The van der Waals surface area contributed by atoms with Crippen molar-refractivity contribution in [3.05, 3.63) is 58.6 Å². The predicted molar refractivity (Wildman–Crippen MR) is 86.0 cm³/mol. The van der Waals surface area contributed by atoms with Crippen LogP contribution in [0.4, 0.5) is 5.69 Å². The lowest BCUT2D eigenvalue weighted by Crippen LogP contribution is -2.07. The molecule has 0 bridgehead atoms. The minimum atomic E-state index is 0.704. The Morgan fingerprint density at radius 1 is 1.10 bits per heavy atom. The minimum absolute atomic E-state index is 0.704. The van der Waals surface area contributed by atoms with Gasteiger partial charge in [-0.1, -0.05) is 29.8 Å². The molecule has 0 saturated heterocycles. The molecule has 0 unspecified atom stereocenters. The lowest BCUT2D eigenvalue weighted by atomic mass is 10.2. The number of ether oxygens (including phenoxy) is 1. The molecule has 2 aromatic rings. The molecular weight excluding hydrogens is 270 g/mol.